The molecule has 1 amide bonds. The first kappa shape index (κ1) is 19.6. The number of unbranched alkanes of at least 4 members (excludes halogenated alkanes) is 1. The number of aliphatic hydroxyl groups is 1. The van der Waals surface area contributed by atoms with Gasteiger partial charge in [0.25, 0.3) is 5.91 Å². The topological polar surface area (TPSA) is 58.6 Å². The van der Waals surface area contributed by atoms with Crippen LogP contribution >= 0.6 is 22.7 Å². The van der Waals surface area contributed by atoms with Crippen molar-refractivity contribution < 1.29 is 14.6 Å². The molecule has 6 heteroatoms. The van der Waals surface area contributed by atoms with Gasteiger partial charge >= 0.3 is 0 Å². The highest BCUT2D eigenvalue weighted by molar-refractivity contribution is 7.12. The minimum absolute atomic E-state index is 0.121. The van der Waals surface area contributed by atoms with Crippen molar-refractivity contribution in [2.45, 2.75) is 32.4 Å². The van der Waals surface area contributed by atoms with Gasteiger partial charge in [-0.2, -0.15) is 0 Å². The number of nitrogens with one attached hydrogen (secondary N) is 1. The maximum Gasteiger partial charge on any atom is 0.251 e. The molecule has 1 aromatic carbocycles. The highest BCUT2D eigenvalue weighted by atomic mass is 32.1. The number of rotatable bonds is 9. The van der Waals surface area contributed by atoms with Gasteiger partial charge in [-0.25, -0.2) is 0 Å². The average molecular weight is 402 g/mol. The zero-order valence-electron chi connectivity index (χ0n) is 15.2. The van der Waals surface area contributed by atoms with Crippen molar-refractivity contribution in [2.24, 2.45) is 0 Å². The first-order valence-electron chi connectivity index (χ1n) is 8.98. The molecular weight excluding hydrogens is 378 g/mol. The molecule has 0 aliphatic rings. The van der Waals surface area contributed by atoms with E-state index in [-0.39, 0.29) is 5.91 Å². The van der Waals surface area contributed by atoms with E-state index in [0.717, 1.165) is 33.2 Å². The summed E-state index contributed by atoms with van der Waals surface area (Å²) in [4.78, 5) is 15.1. The third-order valence-corrected chi connectivity index (χ3v) is 6.13. The molecule has 3 aromatic rings. The van der Waals surface area contributed by atoms with E-state index in [1.165, 1.54) is 22.7 Å². The highest BCUT2D eigenvalue weighted by Crippen LogP contribution is 2.30. The van der Waals surface area contributed by atoms with E-state index in [9.17, 15) is 9.90 Å². The lowest BCUT2D eigenvalue weighted by Gasteiger charge is -2.07. The lowest BCUT2D eigenvalue weighted by atomic mass is 10.2. The Morgan fingerprint density at radius 2 is 1.96 bits per heavy atom. The third-order valence-electron chi connectivity index (χ3n) is 4.07. The molecule has 0 bridgehead atoms. The van der Waals surface area contributed by atoms with Crippen molar-refractivity contribution >= 4 is 28.6 Å². The van der Waals surface area contributed by atoms with Gasteiger partial charge in [0, 0.05) is 20.2 Å². The smallest absolute Gasteiger partial charge is 0.251 e. The minimum atomic E-state index is -0.597. The molecule has 0 saturated carbocycles. The molecule has 1 unspecified atom stereocenters. The molecule has 4 nitrogen and oxygen atoms in total. The molecule has 142 valence electrons. The van der Waals surface area contributed by atoms with Crippen molar-refractivity contribution in [2.75, 3.05) is 6.61 Å². The van der Waals surface area contributed by atoms with Crippen LogP contribution in [-0.4, -0.2) is 17.6 Å². The van der Waals surface area contributed by atoms with Crippen LogP contribution in [0, 0.1) is 0 Å². The second kappa shape index (κ2) is 9.69. The van der Waals surface area contributed by atoms with Gasteiger partial charge in [0.2, 0.25) is 0 Å². The zero-order valence-corrected chi connectivity index (χ0v) is 16.8. The second-order valence-corrected chi connectivity index (χ2v) is 8.31. The van der Waals surface area contributed by atoms with E-state index in [0.29, 0.717) is 18.7 Å². The molecular formula is C21H23NO3S2. The fourth-order valence-electron chi connectivity index (χ4n) is 2.53. The van der Waals surface area contributed by atoms with Crippen LogP contribution in [0.2, 0.25) is 0 Å². The summed E-state index contributed by atoms with van der Waals surface area (Å²) in [6.45, 7) is 3.26. The number of hydrogen-bond acceptors (Lipinski definition) is 5. The van der Waals surface area contributed by atoms with E-state index >= 15 is 0 Å². The van der Waals surface area contributed by atoms with Gasteiger partial charge in [-0.05, 0) is 54.3 Å². The molecule has 0 radical (unpaired) electrons. The largest absolute Gasteiger partial charge is 0.494 e. The summed E-state index contributed by atoms with van der Waals surface area (Å²) in [7, 11) is 0. The summed E-state index contributed by atoms with van der Waals surface area (Å²) in [5.74, 6) is 0.661. The van der Waals surface area contributed by atoms with Crippen LogP contribution in [0.1, 0.15) is 50.9 Å². The summed E-state index contributed by atoms with van der Waals surface area (Å²) in [5, 5.41) is 15.3. The highest BCUT2D eigenvalue weighted by Gasteiger charge is 2.14. The Morgan fingerprint density at radius 3 is 2.67 bits per heavy atom. The quantitative estimate of drug-likeness (QED) is 0.496. The number of hydrogen-bond donors (Lipinski definition) is 2. The number of aliphatic hydroxyl groups excluding tert-OH is 1. The van der Waals surface area contributed by atoms with Crippen molar-refractivity contribution in [3.05, 3.63) is 74.1 Å². The van der Waals surface area contributed by atoms with Gasteiger partial charge in [0.15, 0.2) is 0 Å². The lowest BCUT2D eigenvalue weighted by Crippen LogP contribution is -2.22. The van der Waals surface area contributed by atoms with E-state index in [1.807, 2.05) is 41.8 Å². The maximum absolute atomic E-state index is 12.3. The first-order chi connectivity index (χ1) is 13.2. The summed E-state index contributed by atoms with van der Waals surface area (Å²) in [6.07, 6.45) is 1.52. The van der Waals surface area contributed by atoms with Gasteiger partial charge in [-0.3, -0.25) is 4.79 Å². The average Bonchev–Trinajstić information content (AvgIpc) is 3.38. The number of carbonyl (C=O) groups is 1. The molecule has 1 atom stereocenters. The Morgan fingerprint density at radius 1 is 1.15 bits per heavy atom. The predicted molar refractivity (Wildman–Crippen MR) is 111 cm³/mol. The van der Waals surface area contributed by atoms with Crippen LogP contribution in [0.25, 0.3) is 0 Å². The van der Waals surface area contributed by atoms with Crippen LogP contribution in [0.4, 0.5) is 0 Å². The third kappa shape index (κ3) is 5.42. The molecule has 2 heterocycles. The lowest BCUT2D eigenvalue weighted by molar-refractivity contribution is 0.0951. The van der Waals surface area contributed by atoms with Crippen LogP contribution in [-0.2, 0) is 6.54 Å². The summed E-state index contributed by atoms with van der Waals surface area (Å²) in [5.41, 5.74) is 0.605. The number of ether oxygens (including phenoxy) is 1. The van der Waals surface area contributed by atoms with Gasteiger partial charge in [0.1, 0.15) is 11.9 Å². The van der Waals surface area contributed by atoms with Crippen molar-refractivity contribution in [1.82, 2.24) is 5.32 Å². The molecule has 0 aliphatic carbocycles. The second-order valence-electron chi connectivity index (χ2n) is 6.13. The SMILES string of the molecule is CCCCOc1ccc(C(=O)NCc2ccc(C(O)c3cccs3)s2)cc1. The Hall–Kier alpha value is -2.15. The Balaban J connectivity index is 1.52. The van der Waals surface area contributed by atoms with E-state index in [4.69, 9.17) is 4.74 Å². The fourth-order valence-corrected chi connectivity index (χ4v) is 4.29. The van der Waals surface area contributed by atoms with E-state index in [1.54, 1.807) is 12.1 Å². The molecule has 2 aromatic heterocycles. The predicted octanol–water partition coefficient (Wildman–Crippen LogP) is 5.00. The number of carbonyl (C=O) groups excluding carboxylic acids is 1. The maximum atomic E-state index is 12.3. The monoisotopic (exact) mass is 401 g/mol. The van der Waals surface area contributed by atoms with Crippen molar-refractivity contribution in [1.29, 1.82) is 0 Å². The molecule has 2 N–H and O–H groups in total. The normalized spacial score (nSPS) is 11.9. The Kier molecular flexibility index (Phi) is 7.04. The summed E-state index contributed by atoms with van der Waals surface area (Å²) >= 11 is 3.05. The summed E-state index contributed by atoms with van der Waals surface area (Å²) < 4.78 is 5.61. The fraction of sp³-hybridized carbons (Fsp3) is 0.286. The van der Waals surface area contributed by atoms with Gasteiger partial charge in [-0.1, -0.05) is 19.4 Å². The standard InChI is InChI=1S/C21H23NO3S2/c1-2-3-12-25-16-8-6-15(7-9-16)21(24)22-14-17-10-11-19(27-17)20(23)18-5-4-13-26-18/h4-11,13,20,23H,2-3,12,14H2,1H3,(H,22,24). The molecule has 0 spiro atoms. The molecule has 0 fully saturated rings. The Bertz CT molecular complexity index is 841. The van der Waals surface area contributed by atoms with Gasteiger partial charge in [0.05, 0.1) is 13.2 Å². The van der Waals surface area contributed by atoms with Crippen LogP contribution < -0.4 is 10.1 Å². The number of amides is 1. The van der Waals surface area contributed by atoms with Crippen molar-refractivity contribution in [3.8, 4) is 5.75 Å². The molecule has 0 saturated heterocycles. The zero-order chi connectivity index (χ0) is 19.1. The van der Waals surface area contributed by atoms with Crippen molar-refractivity contribution in [3.63, 3.8) is 0 Å². The van der Waals surface area contributed by atoms with E-state index < -0.39 is 6.10 Å². The summed E-state index contributed by atoms with van der Waals surface area (Å²) in [6, 6.07) is 14.9. The number of thiophene rings is 2. The Labute approximate surface area is 167 Å². The minimum Gasteiger partial charge on any atom is -0.494 e. The van der Waals surface area contributed by atoms with Crippen LogP contribution in [0.15, 0.2) is 53.9 Å². The molecule has 3 rings (SSSR count). The van der Waals surface area contributed by atoms with Crippen LogP contribution in [0.3, 0.4) is 0 Å². The van der Waals surface area contributed by atoms with Gasteiger partial charge in [-0.15, -0.1) is 22.7 Å². The van der Waals surface area contributed by atoms with Crippen LogP contribution in [0.5, 0.6) is 5.75 Å². The molecule has 0 aliphatic heterocycles. The first-order valence-corrected chi connectivity index (χ1v) is 10.7. The number of benzene rings is 1. The van der Waals surface area contributed by atoms with Gasteiger partial charge < -0.3 is 15.2 Å². The van der Waals surface area contributed by atoms with E-state index in [2.05, 4.69) is 12.2 Å². The molecule has 27 heavy (non-hydrogen) atoms.